The van der Waals surface area contributed by atoms with Crippen LogP contribution in [0.25, 0.3) is 0 Å². The van der Waals surface area contributed by atoms with E-state index >= 15 is 0 Å². The van der Waals surface area contributed by atoms with E-state index in [1.165, 1.54) is 0 Å². The van der Waals surface area contributed by atoms with E-state index in [-0.39, 0.29) is 26.1 Å². The monoisotopic (exact) mass is 396 g/mol. The Bertz CT molecular complexity index is 769. The number of carbonyl (C=O) groups is 3. The van der Waals surface area contributed by atoms with Gasteiger partial charge in [-0.05, 0) is 24.0 Å². The van der Waals surface area contributed by atoms with Crippen LogP contribution in [-0.2, 0) is 32.3 Å². The van der Waals surface area contributed by atoms with Gasteiger partial charge in [-0.25, -0.2) is 4.79 Å². The molecule has 1 fully saturated rings. The Morgan fingerprint density at radius 3 is 1.48 bits per heavy atom. The molecule has 7 heteroatoms. The second kappa shape index (κ2) is 9.95. The Morgan fingerprint density at radius 2 is 1.07 bits per heavy atom. The van der Waals surface area contributed by atoms with E-state index < -0.39 is 23.3 Å². The fourth-order valence-electron chi connectivity index (χ4n) is 3.18. The van der Waals surface area contributed by atoms with Crippen LogP contribution in [0.3, 0.4) is 0 Å². The van der Waals surface area contributed by atoms with Gasteiger partial charge in [0.25, 0.3) is 0 Å². The van der Waals surface area contributed by atoms with E-state index in [2.05, 4.69) is 10.6 Å². The number of ether oxygens (including phenoxy) is 2. The van der Waals surface area contributed by atoms with Gasteiger partial charge >= 0.3 is 6.03 Å². The van der Waals surface area contributed by atoms with Crippen molar-refractivity contribution in [3.8, 4) is 0 Å². The minimum Gasteiger partial charge on any atom is -0.377 e. The number of hydrogen-bond acceptors (Lipinski definition) is 5. The number of carbonyl (C=O) groups excluding carboxylic acids is 3. The minimum atomic E-state index is -1.40. The predicted molar refractivity (Wildman–Crippen MR) is 106 cm³/mol. The van der Waals surface area contributed by atoms with E-state index in [9.17, 15) is 14.4 Å². The first-order valence-electron chi connectivity index (χ1n) is 9.50. The molecule has 0 aliphatic carbocycles. The highest BCUT2D eigenvalue weighted by Gasteiger charge is 2.49. The van der Waals surface area contributed by atoms with Crippen molar-refractivity contribution < 1.29 is 23.9 Å². The second-order valence-corrected chi connectivity index (χ2v) is 6.90. The molecule has 2 N–H and O–H groups in total. The van der Waals surface area contributed by atoms with E-state index in [0.29, 0.717) is 13.2 Å². The molecule has 1 saturated heterocycles. The summed E-state index contributed by atoms with van der Waals surface area (Å²) in [5.41, 5.74) is 0.599. The van der Waals surface area contributed by atoms with Gasteiger partial charge in [0, 0.05) is 13.2 Å². The lowest BCUT2D eigenvalue weighted by molar-refractivity contribution is -0.147. The van der Waals surface area contributed by atoms with Crippen LogP contribution in [-0.4, -0.2) is 31.1 Å². The molecule has 0 radical (unpaired) electrons. The SMILES string of the molecule is O=C1NC(=O)C(CCOCc2ccccc2)(CCOCc2ccccc2)C(=O)N1. The fraction of sp³-hybridized carbons (Fsp3) is 0.318. The zero-order chi connectivity index (χ0) is 20.5. The van der Waals surface area contributed by atoms with Crippen molar-refractivity contribution >= 4 is 17.8 Å². The van der Waals surface area contributed by atoms with Gasteiger partial charge < -0.3 is 9.47 Å². The van der Waals surface area contributed by atoms with E-state index in [0.717, 1.165) is 11.1 Å². The van der Waals surface area contributed by atoms with Crippen LogP contribution in [0.1, 0.15) is 24.0 Å². The van der Waals surface area contributed by atoms with Crippen LogP contribution >= 0.6 is 0 Å². The van der Waals surface area contributed by atoms with Crippen molar-refractivity contribution in [3.05, 3.63) is 71.8 Å². The number of hydrogen-bond donors (Lipinski definition) is 2. The van der Waals surface area contributed by atoms with Crippen molar-refractivity contribution in [2.75, 3.05) is 13.2 Å². The van der Waals surface area contributed by atoms with E-state index in [1.54, 1.807) is 0 Å². The minimum absolute atomic E-state index is 0.152. The third-order valence-corrected chi connectivity index (χ3v) is 4.89. The van der Waals surface area contributed by atoms with Gasteiger partial charge in [0.1, 0.15) is 5.41 Å². The number of barbiturate groups is 1. The van der Waals surface area contributed by atoms with Crippen molar-refractivity contribution in [2.24, 2.45) is 5.41 Å². The maximum absolute atomic E-state index is 12.6. The Labute approximate surface area is 169 Å². The summed E-state index contributed by atoms with van der Waals surface area (Å²) in [6, 6.07) is 18.4. The molecule has 2 aromatic carbocycles. The zero-order valence-corrected chi connectivity index (χ0v) is 16.1. The molecule has 3 rings (SSSR count). The van der Waals surface area contributed by atoms with Gasteiger partial charge in [-0.2, -0.15) is 0 Å². The Hall–Kier alpha value is -3.03. The first-order chi connectivity index (χ1) is 14.1. The van der Waals surface area contributed by atoms with Crippen LogP contribution in [0.15, 0.2) is 60.7 Å². The summed E-state index contributed by atoms with van der Waals surface area (Å²) in [7, 11) is 0. The van der Waals surface area contributed by atoms with Crippen molar-refractivity contribution in [3.63, 3.8) is 0 Å². The molecule has 1 aliphatic heterocycles. The molecule has 1 heterocycles. The molecule has 1 aliphatic rings. The summed E-state index contributed by atoms with van der Waals surface area (Å²) in [4.78, 5) is 36.6. The third kappa shape index (κ3) is 5.49. The molecule has 0 bridgehead atoms. The number of nitrogens with one attached hydrogen (secondary N) is 2. The average molecular weight is 396 g/mol. The van der Waals surface area contributed by atoms with Crippen molar-refractivity contribution in [1.29, 1.82) is 0 Å². The first-order valence-corrected chi connectivity index (χ1v) is 9.50. The lowest BCUT2D eigenvalue weighted by atomic mass is 9.78. The van der Waals surface area contributed by atoms with Crippen LogP contribution in [0, 0.1) is 5.41 Å². The highest BCUT2D eigenvalue weighted by atomic mass is 16.5. The second-order valence-electron chi connectivity index (χ2n) is 6.90. The smallest absolute Gasteiger partial charge is 0.328 e. The number of rotatable bonds is 10. The zero-order valence-electron chi connectivity index (χ0n) is 16.1. The molecule has 0 aromatic heterocycles. The van der Waals surface area contributed by atoms with Crippen LogP contribution in [0.4, 0.5) is 4.79 Å². The number of benzene rings is 2. The summed E-state index contributed by atoms with van der Waals surface area (Å²) in [6.07, 6.45) is 0.305. The Kier molecular flexibility index (Phi) is 7.10. The molecule has 0 spiro atoms. The summed E-state index contributed by atoms with van der Waals surface area (Å²) in [6.45, 7) is 1.15. The van der Waals surface area contributed by atoms with Crippen LogP contribution in [0.2, 0.25) is 0 Å². The summed E-state index contributed by atoms with van der Waals surface area (Å²) < 4.78 is 11.3. The van der Waals surface area contributed by atoms with Crippen molar-refractivity contribution in [2.45, 2.75) is 26.1 Å². The Morgan fingerprint density at radius 1 is 0.655 bits per heavy atom. The summed E-state index contributed by atoms with van der Waals surface area (Å²) >= 11 is 0. The normalized spacial score (nSPS) is 15.7. The standard InChI is InChI=1S/C22H24N2O5/c25-19-22(20(26)24-21(27)23-19,11-13-28-15-17-7-3-1-4-8-17)12-14-29-16-18-9-5-2-6-10-18/h1-10H,11-16H2,(H2,23,24,25,26,27). The maximum Gasteiger partial charge on any atom is 0.328 e. The summed E-state index contributed by atoms with van der Waals surface area (Å²) in [5.74, 6) is -1.23. The molecule has 29 heavy (non-hydrogen) atoms. The van der Waals surface area contributed by atoms with Gasteiger partial charge in [0.15, 0.2) is 0 Å². The van der Waals surface area contributed by atoms with Gasteiger partial charge in [-0.15, -0.1) is 0 Å². The first kappa shape index (κ1) is 20.7. The lowest BCUT2D eigenvalue weighted by Gasteiger charge is -2.33. The topological polar surface area (TPSA) is 93.7 Å². The highest BCUT2D eigenvalue weighted by Crippen LogP contribution is 2.30. The van der Waals surface area contributed by atoms with Gasteiger partial charge in [0.2, 0.25) is 11.8 Å². The maximum atomic E-state index is 12.6. The lowest BCUT2D eigenvalue weighted by Crippen LogP contribution is -2.63. The van der Waals surface area contributed by atoms with Crippen LogP contribution < -0.4 is 10.6 Å². The van der Waals surface area contributed by atoms with E-state index in [4.69, 9.17) is 9.47 Å². The molecule has 4 amide bonds. The number of imide groups is 2. The predicted octanol–water partition coefficient (Wildman–Crippen LogP) is 2.55. The average Bonchev–Trinajstić information content (AvgIpc) is 2.73. The molecule has 0 unspecified atom stereocenters. The molecule has 7 nitrogen and oxygen atoms in total. The number of amides is 4. The van der Waals surface area contributed by atoms with Gasteiger partial charge in [-0.3, -0.25) is 20.2 Å². The molecule has 152 valence electrons. The summed E-state index contributed by atoms with van der Waals surface area (Å²) in [5, 5.41) is 4.39. The molecular weight excluding hydrogens is 372 g/mol. The molecule has 0 atom stereocenters. The quantitative estimate of drug-likeness (QED) is 0.476. The Balaban J connectivity index is 1.57. The fourth-order valence-corrected chi connectivity index (χ4v) is 3.18. The van der Waals surface area contributed by atoms with E-state index in [1.807, 2.05) is 60.7 Å². The van der Waals surface area contributed by atoms with Crippen molar-refractivity contribution in [1.82, 2.24) is 10.6 Å². The number of urea groups is 1. The van der Waals surface area contributed by atoms with Crippen LogP contribution in [0.5, 0.6) is 0 Å². The van der Waals surface area contributed by atoms with Gasteiger partial charge in [0.05, 0.1) is 13.2 Å². The molecule has 2 aromatic rings. The van der Waals surface area contributed by atoms with Gasteiger partial charge in [-0.1, -0.05) is 60.7 Å². The largest absolute Gasteiger partial charge is 0.377 e. The molecular formula is C22H24N2O5. The molecule has 0 saturated carbocycles. The third-order valence-electron chi connectivity index (χ3n) is 4.89. The highest BCUT2D eigenvalue weighted by molar-refractivity contribution is 6.19.